The van der Waals surface area contributed by atoms with Gasteiger partial charge in [-0.05, 0) is 50.1 Å². The fraction of sp³-hybridized carbons (Fsp3) is 0.167. The summed E-state index contributed by atoms with van der Waals surface area (Å²) < 4.78 is 25.2. The lowest BCUT2D eigenvalue weighted by Gasteiger charge is -2.06. The first-order valence-corrected chi connectivity index (χ1v) is 6.70. The number of hydrogen-bond acceptors (Lipinski definition) is 3. The Labute approximate surface area is 121 Å². The molecule has 0 bridgehead atoms. The zero-order valence-electron chi connectivity index (χ0n) is 9.47. The summed E-state index contributed by atoms with van der Waals surface area (Å²) in [6, 6.07) is 6.55. The van der Waals surface area contributed by atoms with Gasteiger partial charge in [-0.2, -0.15) is 0 Å². The number of ether oxygens (including phenoxy) is 1. The van der Waals surface area contributed by atoms with E-state index in [1.807, 2.05) is 6.07 Å². The van der Waals surface area contributed by atoms with Crippen molar-refractivity contribution in [3.63, 3.8) is 0 Å². The Balaban J connectivity index is 2.04. The van der Waals surface area contributed by atoms with Crippen LogP contribution in [0.5, 0.6) is 5.75 Å². The number of nitrogens with one attached hydrogen (secondary N) is 1. The van der Waals surface area contributed by atoms with E-state index in [0.717, 1.165) is 10.2 Å². The van der Waals surface area contributed by atoms with E-state index in [9.17, 15) is 4.39 Å². The maximum Gasteiger partial charge on any atom is 0.183 e. The number of methoxy groups -OCH3 is 1. The minimum atomic E-state index is -0.399. The van der Waals surface area contributed by atoms with Gasteiger partial charge in [0, 0.05) is 11.8 Å². The lowest BCUT2D eigenvalue weighted by Crippen LogP contribution is -1.99. The number of anilines is 1. The van der Waals surface area contributed by atoms with E-state index in [1.54, 1.807) is 12.1 Å². The molecule has 1 heterocycles. The predicted molar refractivity (Wildman–Crippen MR) is 74.4 cm³/mol. The number of furan rings is 1. The minimum absolute atomic E-state index is 0.226. The molecule has 0 unspecified atom stereocenters. The molecule has 0 aliphatic carbocycles. The first-order chi connectivity index (χ1) is 8.60. The quantitative estimate of drug-likeness (QED) is 0.846. The fourth-order valence-corrected chi connectivity index (χ4v) is 2.10. The van der Waals surface area contributed by atoms with Gasteiger partial charge >= 0.3 is 0 Å². The van der Waals surface area contributed by atoms with Crippen molar-refractivity contribution < 1.29 is 13.5 Å². The van der Waals surface area contributed by atoms with Crippen molar-refractivity contribution in [3.05, 3.63) is 45.0 Å². The summed E-state index contributed by atoms with van der Waals surface area (Å²) in [6.45, 7) is 0.468. The smallest absolute Gasteiger partial charge is 0.183 e. The Morgan fingerprint density at radius 3 is 2.67 bits per heavy atom. The second-order valence-corrected chi connectivity index (χ2v) is 5.11. The molecule has 0 spiro atoms. The molecule has 1 aromatic carbocycles. The van der Waals surface area contributed by atoms with Crippen LogP contribution in [-0.2, 0) is 6.54 Å². The molecule has 96 valence electrons. The third-order valence-corrected chi connectivity index (χ3v) is 4.02. The van der Waals surface area contributed by atoms with Crippen molar-refractivity contribution in [2.75, 3.05) is 12.4 Å². The van der Waals surface area contributed by atoms with Gasteiger partial charge in [0.2, 0.25) is 0 Å². The highest BCUT2D eigenvalue weighted by molar-refractivity contribution is 9.13. The predicted octanol–water partition coefficient (Wildman–Crippen LogP) is 4.56. The van der Waals surface area contributed by atoms with E-state index in [0.29, 0.717) is 16.9 Å². The fourth-order valence-electron chi connectivity index (χ4n) is 1.44. The molecule has 0 fully saturated rings. The molecule has 18 heavy (non-hydrogen) atoms. The highest BCUT2D eigenvalue weighted by atomic mass is 79.9. The number of halogens is 3. The molecule has 2 rings (SSSR count). The van der Waals surface area contributed by atoms with Gasteiger partial charge in [-0.15, -0.1) is 0 Å². The van der Waals surface area contributed by atoms with E-state index >= 15 is 0 Å². The van der Waals surface area contributed by atoms with Gasteiger partial charge in [-0.25, -0.2) is 4.39 Å². The highest BCUT2D eigenvalue weighted by Crippen LogP contribution is 2.27. The van der Waals surface area contributed by atoms with Crippen molar-refractivity contribution in [2.45, 2.75) is 6.54 Å². The Morgan fingerprint density at radius 2 is 2.11 bits per heavy atom. The Morgan fingerprint density at radius 1 is 1.33 bits per heavy atom. The van der Waals surface area contributed by atoms with Gasteiger partial charge in [-0.3, -0.25) is 0 Å². The molecule has 0 aliphatic heterocycles. The molecule has 1 N–H and O–H groups in total. The normalized spacial score (nSPS) is 10.4. The van der Waals surface area contributed by atoms with E-state index in [-0.39, 0.29) is 5.75 Å². The van der Waals surface area contributed by atoms with E-state index < -0.39 is 5.82 Å². The molecule has 2 aromatic rings. The second-order valence-electron chi connectivity index (χ2n) is 3.54. The average molecular weight is 379 g/mol. The molecular formula is C12H10Br2FNO2. The number of hydrogen-bond donors (Lipinski definition) is 1. The van der Waals surface area contributed by atoms with Crippen molar-refractivity contribution in [3.8, 4) is 5.75 Å². The summed E-state index contributed by atoms with van der Waals surface area (Å²) in [4.78, 5) is 0. The number of rotatable bonds is 4. The van der Waals surface area contributed by atoms with Crippen LogP contribution in [0.25, 0.3) is 0 Å². The monoisotopic (exact) mass is 377 g/mol. The highest BCUT2D eigenvalue weighted by Gasteiger charge is 2.07. The van der Waals surface area contributed by atoms with E-state index in [1.165, 1.54) is 13.2 Å². The van der Waals surface area contributed by atoms with Crippen molar-refractivity contribution in [1.29, 1.82) is 0 Å². The Kier molecular flexibility index (Phi) is 4.29. The first-order valence-electron chi connectivity index (χ1n) is 5.11. The van der Waals surface area contributed by atoms with Crippen LogP contribution in [0.15, 0.2) is 37.8 Å². The molecule has 0 radical (unpaired) electrons. The maximum atomic E-state index is 13.4. The molecule has 6 heteroatoms. The first kappa shape index (κ1) is 13.4. The third kappa shape index (κ3) is 3.05. The number of benzene rings is 1. The van der Waals surface area contributed by atoms with Gasteiger partial charge < -0.3 is 14.5 Å². The van der Waals surface area contributed by atoms with Crippen molar-refractivity contribution in [2.24, 2.45) is 0 Å². The maximum absolute atomic E-state index is 13.4. The van der Waals surface area contributed by atoms with Gasteiger partial charge in [0.25, 0.3) is 0 Å². The summed E-state index contributed by atoms with van der Waals surface area (Å²) >= 11 is 6.58. The van der Waals surface area contributed by atoms with Crippen LogP contribution in [0, 0.1) is 5.82 Å². The van der Waals surface area contributed by atoms with Crippen LogP contribution in [0.3, 0.4) is 0 Å². The molecule has 3 nitrogen and oxygen atoms in total. The second kappa shape index (κ2) is 5.75. The molecule has 0 atom stereocenters. The van der Waals surface area contributed by atoms with Crippen LogP contribution >= 0.6 is 31.9 Å². The summed E-state index contributed by atoms with van der Waals surface area (Å²) in [5.74, 6) is 0.568. The van der Waals surface area contributed by atoms with E-state index in [2.05, 4.69) is 37.2 Å². The van der Waals surface area contributed by atoms with Crippen molar-refractivity contribution >= 4 is 37.5 Å². The van der Waals surface area contributed by atoms with Crippen LogP contribution in [0.1, 0.15) is 5.76 Å². The molecule has 0 amide bonds. The van der Waals surface area contributed by atoms with Gasteiger partial charge in [-0.1, -0.05) is 0 Å². The largest absolute Gasteiger partial charge is 0.494 e. The van der Waals surface area contributed by atoms with E-state index in [4.69, 9.17) is 9.15 Å². The molecule has 1 aromatic heterocycles. The molecule has 0 saturated heterocycles. The topological polar surface area (TPSA) is 34.4 Å². The van der Waals surface area contributed by atoms with Crippen LogP contribution in [-0.4, -0.2) is 7.11 Å². The van der Waals surface area contributed by atoms with Gasteiger partial charge in [0.1, 0.15) is 5.76 Å². The van der Waals surface area contributed by atoms with Gasteiger partial charge in [0.15, 0.2) is 16.2 Å². The molecule has 0 aliphatic rings. The average Bonchev–Trinajstić information content (AvgIpc) is 2.66. The molecular weight excluding hydrogens is 369 g/mol. The lowest BCUT2D eigenvalue weighted by molar-refractivity contribution is 0.386. The summed E-state index contributed by atoms with van der Waals surface area (Å²) in [5, 5.41) is 3.06. The minimum Gasteiger partial charge on any atom is -0.494 e. The third-order valence-electron chi connectivity index (χ3n) is 2.31. The van der Waals surface area contributed by atoms with Gasteiger partial charge in [0.05, 0.1) is 18.1 Å². The standard InChI is InChI=1S/C12H10Br2FNO2/c1-17-11-3-2-7(4-10(11)15)16-6-8-5-9(13)12(14)18-8/h2-5,16H,6H2,1H3. The summed E-state index contributed by atoms with van der Waals surface area (Å²) in [5.41, 5.74) is 0.664. The lowest BCUT2D eigenvalue weighted by atomic mass is 10.3. The van der Waals surface area contributed by atoms with Crippen molar-refractivity contribution in [1.82, 2.24) is 0 Å². The summed E-state index contributed by atoms with van der Waals surface area (Å²) in [7, 11) is 1.43. The Hall–Kier alpha value is -1.01. The van der Waals surface area contributed by atoms with Crippen LogP contribution in [0.2, 0.25) is 0 Å². The Bertz CT molecular complexity index is 538. The molecule has 0 saturated carbocycles. The van der Waals surface area contributed by atoms with Crippen LogP contribution in [0.4, 0.5) is 10.1 Å². The SMILES string of the molecule is COc1ccc(NCc2cc(Br)c(Br)o2)cc1F. The van der Waals surface area contributed by atoms with Crippen LogP contribution < -0.4 is 10.1 Å². The zero-order chi connectivity index (χ0) is 13.1. The zero-order valence-corrected chi connectivity index (χ0v) is 12.6. The summed E-state index contributed by atoms with van der Waals surface area (Å²) in [6.07, 6.45) is 0.